The second kappa shape index (κ2) is 10.1. The van der Waals surface area contributed by atoms with Gasteiger partial charge in [-0.15, -0.1) is 0 Å². The highest BCUT2D eigenvalue weighted by molar-refractivity contribution is 6.42. The number of hydrogen-bond donors (Lipinski definition) is 1. The van der Waals surface area contributed by atoms with Gasteiger partial charge < -0.3 is 19.5 Å². The zero-order chi connectivity index (χ0) is 23.5. The number of Topliss-reactive ketones (excluding diaryl/α,β-unsaturated/α-hetero) is 1. The van der Waals surface area contributed by atoms with Gasteiger partial charge in [-0.2, -0.15) is 0 Å². The fourth-order valence-corrected chi connectivity index (χ4v) is 3.27. The van der Waals surface area contributed by atoms with Crippen LogP contribution in [0, 0.1) is 5.82 Å². The summed E-state index contributed by atoms with van der Waals surface area (Å²) in [7, 11) is 0. The third-order valence-electron chi connectivity index (χ3n) is 4.64. The van der Waals surface area contributed by atoms with Gasteiger partial charge in [0.15, 0.2) is 5.78 Å². The lowest BCUT2D eigenvalue weighted by molar-refractivity contribution is -0.0721. The molecule has 3 rings (SSSR count). The Kier molecular flexibility index (Phi) is 7.64. The fourth-order valence-electron chi connectivity index (χ4n) is 2.96. The van der Waals surface area contributed by atoms with E-state index in [0.29, 0.717) is 18.8 Å². The molecule has 0 bridgehead atoms. The Balaban J connectivity index is 1.84. The van der Waals surface area contributed by atoms with Gasteiger partial charge in [-0.3, -0.25) is 4.79 Å². The quantitative estimate of drug-likeness (QED) is 0.507. The molecule has 1 N–H and O–H groups in total. The highest BCUT2D eigenvalue weighted by Gasteiger charge is 2.29. The van der Waals surface area contributed by atoms with Crippen LogP contribution in [0.5, 0.6) is 5.75 Å². The summed E-state index contributed by atoms with van der Waals surface area (Å²) in [6, 6.07) is 7.16. The number of ether oxygens (including phenoxy) is 3. The molecule has 0 saturated carbocycles. The van der Waals surface area contributed by atoms with E-state index >= 15 is 0 Å². The first-order valence-corrected chi connectivity index (χ1v) is 10.8. The molecule has 32 heavy (non-hydrogen) atoms. The normalized spacial score (nSPS) is 16.6. The maximum Gasteiger partial charge on any atom is 0.408 e. The summed E-state index contributed by atoms with van der Waals surface area (Å²) in [4.78, 5) is 25.6. The summed E-state index contributed by atoms with van der Waals surface area (Å²) in [5.74, 6) is -1.18. The number of alkyl carbamates (subject to hydrolysis) is 1. The Morgan fingerprint density at radius 1 is 1.19 bits per heavy atom. The molecule has 2 aromatic rings. The average Bonchev–Trinajstić information content (AvgIpc) is 2.65. The predicted molar refractivity (Wildman–Crippen MR) is 119 cm³/mol. The van der Waals surface area contributed by atoms with Crippen LogP contribution in [0.25, 0.3) is 0 Å². The molecular formula is C23H24Cl2FNO5. The summed E-state index contributed by atoms with van der Waals surface area (Å²) in [5, 5.41) is 2.97. The molecule has 6 nitrogen and oxygen atoms in total. The summed E-state index contributed by atoms with van der Waals surface area (Å²) in [6.45, 7) is 6.07. The van der Waals surface area contributed by atoms with Gasteiger partial charge in [0.25, 0.3) is 0 Å². The number of ketones is 1. The van der Waals surface area contributed by atoms with Crippen molar-refractivity contribution in [1.29, 1.82) is 0 Å². The number of hydrogen-bond acceptors (Lipinski definition) is 5. The largest absolute Gasteiger partial charge is 0.491 e. The Morgan fingerprint density at radius 2 is 1.91 bits per heavy atom. The van der Waals surface area contributed by atoms with Crippen LogP contribution in [0.3, 0.4) is 0 Å². The van der Waals surface area contributed by atoms with Crippen LogP contribution >= 0.6 is 23.2 Å². The lowest BCUT2D eigenvalue weighted by Gasteiger charge is -2.26. The van der Waals surface area contributed by atoms with Crippen molar-refractivity contribution in [3.05, 3.63) is 63.4 Å². The predicted octanol–water partition coefficient (Wildman–Crippen LogP) is 5.75. The van der Waals surface area contributed by atoms with E-state index in [1.807, 2.05) is 0 Å². The maximum absolute atomic E-state index is 14.8. The fraction of sp³-hybridized carbons (Fsp3) is 0.391. The molecule has 1 aliphatic rings. The smallest absolute Gasteiger partial charge is 0.408 e. The Morgan fingerprint density at radius 3 is 2.47 bits per heavy atom. The molecule has 2 aromatic carbocycles. The van der Waals surface area contributed by atoms with Gasteiger partial charge >= 0.3 is 6.09 Å². The van der Waals surface area contributed by atoms with E-state index in [1.165, 1.54) is 30.3 Å². The van der Waals surface area contributed by atoms with E-state index in [-0.39, 0.29) is 27.5 Å². The van der Waals surface area contributed by atoms with E-state index < -0.39 is 29.3 Å². The number of carbonyl (C=O) groups is 2. The van der Waals surface area contributed by atoms with Crippen LogP contribution in [0.4, 0.5) is 9.18 Å². The first-order valence-electron chi connectivity index (χ1n) is 10.1. The molecule has 172 valence electrons. The van der Waals surface area contributed by atoms with Crippen molar-refractivity contribution in [3.8, 4) is 5.75 Å². The van der Waals surface area contributed by atoms with Crippen LogP contribution < -0.4 is 10.1 Å². The molecule has 2 atom stereocenters. The average molecular weight is 484 g/mol. The van der Waals surface area contributed by atoms with Gasteiger partial charge in [0.1, 0.15) is 29.8 Å². The minimum absolute atomic E-state index is 0.00330. The second-order valence-electron chi connectivity index (χ2n) is 8.35. The molecule has 1 amide bonds. The van der Waals surface area contributed by atoms with Gasteiger partial charge in [0, 0.05) is 19.1 Å². The van der Waals surface area contributed by atoms with E-state index in [0.717, 1.165) is 12.5 Å². The molecule has 1 heterocycles. The molecule has 1 aliphatic heterocycles. The van der Waals surface area contributed by atoms with Crippen LogP contribution in [0.2, 0.25) is 10.0 Å². The molecule has 9 heteroatoms. The maximum atomic E-state index is 14.8. The summed E-state index contributed by atoms with van der Waals surface area (Å²) in [6.07, 6.45) is 0.0555. The number of nitrogens with one attached hydrogen (secondary N) is 1. The van der Waals surface area contributed by atoms with Crippen LogP contribution in [-0.2, 0) is 9.47 Å². The molecule has 0 spiro atoms. The van der Waals surface area contributed by atoms with Crippen LogP contribution in [-0.4, -0.2) is 36.8 Å². The Bertz CT molecular complexity index is 1000. The van der Waals surface area contributed by atoms with E-state index in [9.17, 15) is 14.0 Å². The third-order valence-corrected chi connectivity index (χ3v) is 5.37. The Labute approximate surface area is 195 Å². The van der Waals surface area contributed by atoms with E-state index in [1.54, 1.807) is 20.8 Å². The highest BCUT2D eigenvalue weighted by atomic mass is 35.5. The zero-order valence-corrected chi connectivity index (χ0v) is 19.4. The highest BCUT2D eigenvalue weighted by Crippen LogP contribution is 2.29. The first-order chi connectivity index (χ1) is 15.0. The van der Waals surface area contributed by atoms with Crippen LogP contribution in [0.1, 0.15) is 49.2 Å². The molecule has 0 aliphatic carbocycles. The van der Waals surface area contributed by atoms with E-state index in [2.05, 4.69) is 5.32 Å². The number of amides is 1. The molecular weight excluding hydrogens is 460 g/mol. The van der Waals surface area contributed by atoms with Crippen molar-refractivity contribution in [2.75, 3.05) is 13.2 Å². The molecule has 1 fully saturated rings. The minimum atomic E-state index is -1.25. The number of rotatable bonds is 7. The molecule has 0 radical (unpaired) electrons. The SMILES string of the molecule is CC(C)(C)OC(=O)NC(C(=O)c1ccc(OCC2CCO2)cc1F)c1ccc(Cl)c(Cl)c1. The number of halogens is 3. The van der Waals surface area contributed by atoms with Crippen molar-refractivity contribution in [2.24, 2.45) is 0 Å². The monoisotopic (exact) mass is 483 g/mol. The summed E-state index contributed by atoms with van der Waals surface area (Å²) in [5.41, 5.74) is -0.675. The molecule has 1 saturated heterocycles. The van der Waals surface area contributed by atoms with Crippen molar-refractivity contribution in [1.82, 2.24) is 5.32 Å². The third kappa shape index (κ3) is 6.34. The lowest BCUT2D eigenvalue weighted by atomic mass is 9.97. The molecule has 2 unspecified atom stereocenters. The minimum Gasteiger partial charge on any atom is -0.491 e. The van der Waals surface area contributed by atoms with E-state index in [4.69, 9.17) is 37.4 Å². The van der Waals surface area contributed by atoms with Crippen molar-refractivity contribution >= 4 is 35.1 Å². The first kappa shape index (κ1) is 24.3. The number of benzene rings is 2. The van der Waals surface area contributed by atoms with Gasteiger partial charge in [-0.25, -0.2) is 9.18 Å². The van der Waals surface area contributed by atoms with Crippen molar-refractivity contribution < 1.29 is 28.2 Å². The van der Waals surface area contributed by atoms with Crippen molar-refractivity contribution in [3.63, 3.8) is 0 Å². The lowest BCUT2D eigenvalue weighted by Crippen LogP contribution is -2.38. The number of carbonyl (C=O) groups excluding carboxylic acids is 2. The van der Waals surface area contributed by atoms with Gasteiger partial charge in [-0.1, -0.05) is 29.3 Å². The van der Waals surface area contributed by atoms with Crippen LogP contribution in [0.15, 0.2) is 36.4 Å². The summed E-state index contributed by atoms with van der Waals surface area (Å²) < 4.78 is 30.9. The van der Waals surface area contributed by atoms with Gasteiger partial charge in [-0.05, 0) is 50.6 Å². The second-order valence-corrected chi connectivity index (χ2v) is 9.17. The zero-order valence-electron chi connectivity index (χ0n) is 17.9. The molecule has 0 aromatic heterocycles. The van der Waals surface area contributed by atoms with Crippen molar-refractivity contribution in [2.45, 2.75) is 44.9 Å². The summed E-state index contributed by atoms with van der Waals surface area (Å²) >= 11 is 12.1. The van der Waals surface area contributed by atoms with Gasteiger partial charge in [0.05, 0.1) is 21.7 Å². The topological polar surface area (TPSA) is 73.9 Å². The standard InChI is InChI=1S/C23H24Cl2FNO5/c1-23(2,3)32-22(29)27-20(13-4-7-17(24)18(25)10-13)21(28)16-6-5-14(11-19(16)26)31-12-15-8-9-30-15/h4-7,10-11,15,20H,8-9,12H2,1-3H3,(H,27,29). The Hall–Kier alpha value is -2.35. The van der Waals surface area contributed by atoms with Gasteiger partial charge in [0.2, 0.25) is 0 Å².